The van der Waals surface area contributed by atoms with Crippen molar-refractivity contribution < 1.29 is 4.74 Å². The number of guanidine groups is 1. The molecule has 1 fully saturated rings. The number of benzene rings is 1. The lowest BCUT2D eigenvalue weighted by Gasteiger charge is -2.36. The normalized spacial score (nSPS) is 19.4. The smallest absolute Gasteiger partial charge is 0.191 e. The maximum absolute atomic E-state index is 5.65. The number of piperidine rings is 1. The summed E-state index contributed by atoms with van der Waals surface area (Å²) in [4.78, 5) is 7.00. The topological polar surface area (TPSA) is 48.9 Å². The summed E-state index contributed by atoms with van der Waals surface area (Å²) in [6.07, 6.45) is 10.5. The SMILES string of the molecule is CN=C(NCC(c1ccccc1OC)N1CCCCC1)NC1CC=CC1.I. The highest BCUT2D eigenvalue weighted by Crippen LogP contribution is 2.30. The van der Waals surface area contributed by atoms with Crippen LogP contribution in [-0.2, 0) is 0 Å². The Hall–Kier alpha value is -1.28. The minimum Gasteiger partial charge on any atom is -0.496 e. The van der Waals surface area contributed by atoms with Gasteiger partial charge in [-0.05, 0) is 44.8 Å². The maximum Gasteiger partial charge on any atom is 0.191 e. The predicted molar refractivity (Wildman–Crippen MR) is 123 cm³/mol. The first-order valence-corrected chi connectivity index (χ1v) is 9.81. The van der Waals surface area contributed by atoms with E-state index >= 15 is 0 Å². The average Bonchev–Trinajstić information content (AvgIpc) is 3.21. The number of rotatable bonds is 6. The molecule has 1 saturated heterocycles. The van der Waals surface area contributed by atoms with Crippen molar-refractivity contribution in [1.82, 2.24) is 15.5 Å². The lowest BCUT2D eigenvalue weighted by atomic mass is 10.0. The number of para-hydroxylation sites is 1. The van der Waals surface area contributed by atoms with Gasteiger partial charge in [-0.15, -0.1) is 24.0 Å². The first kappa shape index (κ1) is 22.0. The third-order valence-corrected chi connectivity index (χ3v) is 5.36. The monoisotopic (exact) mass is 484 g/mol. The molecule has 27 heavy (non-hydrogen) atoms. The number of likely N-dealkylation sites (tertiary alicyclic amines) is 1. The highest BCUT2D eigenvalue weighted by atomic mass is 127. The molecule has 2 N–H and O–H groups in total. The number of hydrogen-bond donors (Lipinski definition) is 2. The van der Waals surface area contributed by atoms with Crippen LogP contribution in [0.15, 0.2) is 41.4 Å². The van der Waals surface area contributed by atoms with E-state index < -0.39 is 0 Å². The van der Waals surface area contributed by atoms with E-state index in [4.69, 9.17) is 4.74 Å². The van der Waals surface area contributed by atoms with Gasteiger partial charge in [0.1, 0.15) is 5.75 Å². The van der Waals surface area contributed by atoms with Gasteiger partial charge in [0.2, 0.25) is 0 Å². The zero-order valence-corrected chi connectivity index (χ0v) is 18.8. The molecule has 1 unspecified atom stereocenters. The molecule has 1 aliphatic heterocycles. The van der Waals surface area contributed by atoms with Gasteiger partial charge in [0.15, 0.2) is 5.96 Å². The second-order valence-electron chi connectivity index (χ2n) is 7.09. The summed E-state index contributed by atoms with van der Waals surface area (Å²) >= 11 is 0. The molecule has 6 heteroatoms. The fourth-order valence-electron chi connectivity index (χ4n) is 3.92. The van der Waals surface area contributed by atoms with Crippen molar-refractivity contribution in [3.63, 3.8) is 0 Å². The fraction of sp³-hybridized carbons (Fsp3) is 0.571. The standard InChI is InChI=1S/C21H32N4O.HI/c1-22-21(24-17-10-4-5-11-17)23-16-19(25-14-8-3-9-15-25)18-12-6-7-13-20(18)26-2;/h4-7,12-13,17,19H,3,8-11,14-16H2,1-2H3,(H2,22,23,24);1H. The summed E-state index contributed by atoms with van der Waals surface area (Å²) in [6.45, 7) is 3.10. The van der Waals surface area contributed by atoms with Crippen LogP contribution in [0, 0.1) is 0 Å². The van der Waals surface area contributed by atoms with Gasteiger partial charge in [0, 0.05) is 25.2 Å². The van der Waals surface area contributed by atoms with Crippen molar-refractivity contribution in [2.75, 3.05) is 33.8 Å². The molecular formula is C21H33IN4O. The highest BCUT2D eigenvalue weighted by molar-refractivity contribution is 14.0. The van der Waals surface area contributed by atoms with Crippen molar-refractivity contribution in [1.29, 1.82) is 0 Å². The Morgan fingerprint density at radius 2 is 1.89 bits per heavy atom. The fourth-order valence-corrected chi connectivity index (χ4v) is 3.92. The Morgan fingerprint density at radius 3 is 2.56 bits per heavy atom. The van der Waals surface area contributed by atoms with Crippen LogP contribution in [0.3, 0.4) is 0 Å². The Bertz CT molecular complexity index is 620. The molecule has 0 radical (unpaired) electrons. The number of hydrogen-bond acceptors (Lipinski definition) is 3. The van der Waals surface area contributed by atoms with E-state index in [9.17, 15) is 0 Å². The summed E-state index contributed by atoms with van der Waals surface area (Å²) in [5, 5.41) is 7.09. The number of nitrogens with one attached hydrogen (secondary N) is 2. The van der Waals surface area contributed by atoms with Crippen LogP contribution in [0.2, 0.25) is 0 Å². The van der Waals surface area contributed by atoms with Gasteiger partial charge in [-0.1, -0.05) is 36.8 Å². The largest absolute Gasteiger partial charge is 0.496 e. The summed E-state index contributed by atoms with van der Waals surface area (Å²) in [7, 11) is 3.60. The number of halogens is 1. The Balaban J connectivity index is 0.00000261. The molecule has 1 aromatic rings. The molecule has 1 heterocycles. The van der Waals surface area contributed by atoms with Gasteiger partial charge >= 0.3 is 0 Å². The van der Waals surface area contributed by atoms with Crippen LogP contribution in [0.4, 0.5) is 0 Å². The average molecular weight is 484 g/mol. The van der Waals surface area contributed by atoms with Crippen molar-refractivity contribution in [2.24, 2.45) is 4.99 Å². The Morgan fingerprint density at radius 1 is 1.19 bits per heavy atom. The maximum atomic E-state index is 5.65. The highest BCUT2D eigenvalue weighted by Gasteiger charge is 2.25. The van der Waals surface area contributed by atoms with Gasteiger partial charge in [-0.2, -0.15) is 0 Å². The van der Waals surface area contributed by atoms with Crippen molar-refractivity contribution in [3.05, 3.63) is 42.0 Å². The van der Waals surface area contributed by atoms with Gasteiger partial charge in [-0.3, -0.25) is 9.89 Å². The van der Waals surface area contributed by atoms with Crippen molar-refractivity contribution >= 4 is 29.9 Å². The zero-order valence-electron chi connectivity index (χ0n) is 16.5. The van der Waals surface area contributed by atoms with Gasteiger partial charge in [0.25, 0.3) is 0 Å². The van der Waals surface area contributed by atoms with Crippen LogP contribution in [0.25, 0.3) is 0 Å². The van der Waals surface area contributed by atoms with Crippen molar-refractivity contribution in [3.8, 4) is 5.75 Å². The molecule has 0 aromatic heterocycles. The second kappa shape index (κ2) is 11.5. The van der Waals surface area contributed by atoms with E-state index in [1.54, 1.807) is 7.11 Å². The molecular weight excluding hydrogens is 451 g/mol. The molecule has 150 valence electrons. The summed E-state index contributed by atoms with van der Waals surface area (Å²) < 4.78 is 5.65. The molecule has 0 bridgehead atoms. The van der Waals surface area contributed by atoms with E-state index in [-0.39, 0.29) is 30.0 Å². The van der Waals surface area contributed by atoms with Gasteiger partial charge < -0.3 is 15.4 Å². The summed E-state index contributed by atoms with van der Waals surface area (Å²) in [6, 6.07) is 9.14. The molecule has 3 rings (SSSR count). The van der Waals surface area contributed by atoms with E-state index in [1.165, 1.54) is 24.8 Å². The minimum absolute atomic E-state index is 0. The predicted octanol–water partition coefficient (Wildman–Crippen LogP) is 3.72. The zero-order chi connectivity index (χ0) is 18.2. The summed E-state index contributed by atoms with van der Waals surface area (Å²) in [5.41, 5.74) is 1.25. The first-order chi connectivity index (χ1) is 12.8. The summed E-state index contributed by atoms with van der Waals surface area (Å²) in [5.74, 6) is 1.85. The number of aliphatic imine (C=N–C) groups is 1. The van der Waals surface area contributed by atoms with Crippen molar-refractivity contribution in [2.45, 2.75) is 44.2 Å². The molecule has 5 nitrogen and oxygen atoms in total. The molecule has 0 saturated carbocycles. The Labute approximate surface area is 180 Å². The van der Waals surface area contributed by atoms with E-state index in [2.05, 4.69) is 50.9 Å². The molecule has 1 aliphatic carbocycles. The van der Waals surface area contributed by atoms with Crippen LogP contribution in [-0.4, -0.2) is 50.7 Å². The van der Waals surface area contributed by atoms with Crippen LogP contribution < -0.4 is 15.4 Å². The lowest BCUT2D eigenvalue weighted by Crippen LogP contribution is -2.46. The Kier molecular flexibility index (Phi) is 9.41. The second-order valence-corrected chi connectivity index (χ2v) is 7.09. The minimum atomic E-state index is 0. The molecule has 0 amide bonds. The van der Waals surface area contributed by atoms with E-state index in [0.717, 1.165) is 44.2 Å². The molecule has 2 aliphatic rings. The van der Waals surface area contributed by atoms with Crippen LogP contribution in [0.5, 0.6) is 5.75 Å². The van der Waals surface area contributed by atoms with E-state index in [1.807, 2.05) is 13.1 Å². The molecule has 1 aromatic carbocycles. The lowest BCUT2D eigenvalue weighted by molar-refractivity contribution is 0.161. The molecule has 0 spiro atoms. The number of ether oxygens (including phenoxy) is 1. The molecule has 1 atom stereocenters. The van der Waals surface area contributed by atoms with E-state index in [0.29, 0.717) is 6.04 Å². The third kappa shape index (κ3) is 6.10. The van der Waals surface area contributed by atoms with Crippen LogP contribution >= 0.6 is 24.0 Å². The van der Waals surface area contributed by atoms with Gasteiger partial charge in [0.05, 0.1) is 13.2 Å². The quantitative estimate of drug-likeness (QED) is 0.280. The first-order valence-electron chi connectivity index (χ1n) is 9.81. The third-order valence-electron chi connectivity index (χ3n) is 5.36. The van der Waals surface area contributed by atoms with Crippen LogP contribution in [0.1, 0.15) is 43.7 Å². The number of nitrogens with zero attached hydrogens (tertiary/aromatic N) is 2. The number of methoxy groups -OCH3 is 1. The van der Waals surface area contributed by atoms with Gasteiger partial charge in [-0.25, -0.2) is 0 Å².